The topological polar surface area (TPSA) is 12.0 Å². The van der Waals surface area contributed by atoms with Gasteiger partial charge in [-0.2, -0.15) is 0 Å². The molecule has 96 valence electrons. The number of halogens is 4. The lowest BCUT2D eigenvalue weighted by molar-refractivity contribution is 0.704. The molecule has 1 atom stereocenters. The van der Waals surface area contributed by atoms with Crippen LogP contribution in [0, 0.1) is 0 Å². The molecule has 0 fully saturated rings. The Labute approximate surface area is 133 Å². The van der Waals surface area contributed by atoms with E-state index < -0.39 is 0 Å². The van der Waals surface area contributed by atoms with Gasteiger partial charge in [0.1, 0.15) is 0 Å². The second kappa shape index (κ2) is 6.12. The molecule has 0 amide bonds. The lowest BCUT2D eigenvalue weighted by atomic mass is 10.1. The fourth-order valence-electron chi connectivity index (χ4n) is 1.69. The van der Waals surface area contributed by atoms with E-state index in [2.05, 4.69) is 21.2 Å². The summed E-state index contributed by atoms with van der Waals surface area (Å²) >= 11 is 23.2. The van der Waals surface area contributed by atoms with E-state index in [1.165, 1.54) is 0 Å². The summed E-state index contributed by atoms with van der Waals surface area (Å²) in [6, 6.07) is 7.43. The van der Waals surface area contributed by atoms with Gasteiger partial charge in [-0.25, -0.2) is 0 Å². The molecule has 6 heteroatoms. The molecule has 0 saturated heterocycles. The van der Waals surface area contributed by atoms with Crippen LogP contribution >= 0.6 is 62.1 Å². The van der Waals surface area contributed by atoms with Crippen LogP contribution in [0.4, 0.5) is 0 Å². The predicted octanol–water partition coefficient (Wildman–Crippen LogP) is 5.78. The van der Waals surface area contributed by atoms with Crippen LogP contribution in [0.1, 0.15) is 16.5 Å². The zero-order chi connectivity index (χ0) is 13.3. The van der Waals surface area contributed by atoms with Crippen LogP contribution in [0.25, 0.3) is 0 Å². The van der Waals surface area contributed by atoms with E-state index in [1.54, 1.807) is 17.4 Å². The van der Waals surface area contributed by atoms with Gasteiger partial charge < -0.3 is 5.32 Å². The summed E-state index contributed by atoms with van der Waals surface area (Å²) in [5.41, 5.74) is 0.981. The first kappa shape index (κ1) is 14.6. The molecule has 1 aromatic carbocycles. The Hall–Kier alpha value is 0.230. The van der Waals surface area contributed by atoms with Crippen LogP contribution in [0.15, 0.2) is 28.1 Å². The first-order chi connectivity index (χ1) is 8.52. The summed E-state index contributed by atoms with van der Waals surface area (Å²) < 4.78 is 0.921. The summed E-state index contributed by atoms with van der Waals surface area (Å²) in [7, 11) is 1.89. The molecule has 0 radical (unpaired) electrons. The molecular weight excluding hydrogens is 376 g/mol. The molecule has 2 aromatic rings. The van der Waals surface area contributed by atoms with Gasteiger partial charge in [0.2, 0.25) is 0 Å². The minimum atomic E-state index is 0.00330. The van der Waals surface area contributed by atoms with Crippen molar-refractivity contribution in [2.45, 2.75) is 6.04 Å². The van der Waals surface area contributed by atoms with Gasteiger partial charge in [0.25, 0.3) is 0 Å². The molecule has 0 spiro atoms. The van der Waals surface area contributed by atoms with Crippen molar-refractivity contribution in [1.82, 2.24) is 5.32 Å². The summed E-state index contributed by atoms with van der Waals surface area (Å²) in [6.45, 7) is 0. The van der Waals surface area contributed by atoms with Gasteiger partial charge in [-0.1, -0.05) is 40.9 Å². The molecule has 0 saturated carbocycles. The highest BCUT2D eigenvalue weighted by Gasteiger charge is 2.18. The Kier molecular flexibility index (Phi) is 4.98. The molecule has 0 aliphatic carbocycles. The first-order valence-corrected chi connectivity index (χ1v) is 7.84. The number of hydrogen-bond donors (Lipinski definition) is 1. The summed E-state index contributed by atoms with van der Waals surface area (Å²) in [6.07, 6.45) is 0. The summed E-state index contributed by atoms with van der Waals surface area (Å²) in [5.74, 6) is 0. The van der Waals surface area contributed by atoms with Gasteiger partial charge in [-0.15, -0.1) is 11.3 Å². The Bertz CT molecular complexity index is 551. The molecule has 18 heavy (non-hydrogen) atoms. The molecule has 1 nitrogen and oxygen atoms in total. The minimum absolute atomic E-state index is 0.00330. The number of thiophene rings is 1. The molecular formula is C12H9BrCl3NS. The van der Waals surface area contributed by atoms with Crippen LogP contribution in [0.2, 0.25) is 15.1 Å². The average Bonchev–Trinajstić information content (AvgIpc) is 2.63. The smallest absolute Gasteiger partial charge is 0.0888 e. The van der Waals surface area contributed by atoms with Crippen molar-refractivity contribution in [2.24, 2.45) is 0 Å². The van der Waals surface area contributed by atoms with Crippen molar-refractivity contribution in [3.05, 3.63) is 53.6 Å². The van der Waals surface area contributed by atoms with Crippen molar-refractivity contribution < 1.29 is 0 Å². The average molecular weight is 386 g/mol. The summed E-state index contributed by atoms with van der Waals surface area (Å²) in [4.78, 5) is 1.10. The van der Waals surface area contributed by atoms with Crippen molar-refractivity contribution in [1.29, 1.82) is 0 Å². The third kappa shape index (κ3) is 3.03. The van der Waals surface area contributed by atoms with Gasteiger partial charge in [-0.3, -0.25) is 0 Å². The van der Waals surface area contributed by atoms with Crippen LogP contribution in [0.3, 0.4) is 0 Å². The Morgan fingerprint density at radius 1 is 1.17 bits per heavy atom. The molecule has 0 aliphatic heterocycles. The van der Waals surface area contributed by atoms with Crippen LogP contribution < -0.4 is 5.32 Å². The number of hydrogen-bond acceptors (Lipinski definition) is 2. The van der Waals surface area contributed by atoms with E-state index in [4.69, 9.17) is 34.8 Å². The molecule has 1 heterocycles. The number of benzene rings is 1. The predicted molar refractivity (Wildman–Crippen MR) is 84.4 cm³/mol. The molecule has 1 unspecified atom stereocenters. The highest BCUT2D eigenvalue weighted by atomic mass is 79.9. The second-order valence-corrected chi connectivity index (χ2v) is 7.31. The zero-order valence-corrected chi connectivity index (χ0v) is 14.0. The maximum absolute atomic E-state index is 6.23. The van der Waals surface area contributed by atoms with Gasteiger partial charge in [0, 0.05) is 14.9 Å². The number of nitrogens with one attached hydrogen (secondary N) is 1. The Morgan fingerprint density at radius 3 is 2.39 bits per heavy atom. The molecule has 1 aromatic heterocycles. The first-order valence-electron chi connectivity index (χ1n) is 5.10. The number of rotatable bonds is 3. The SMILES string of the molecule is CNC(c1cc(Cl)c(Br)s1)c1ccc(Cl)cc1Cl. The molecule has 2 rings (SSSR count). The van der Waals surface area contributed by atoms with E-state index >= 15 is 0 Å². The van der Waals surface area contributed by atoms with Crippen LogP contribution in [-0.2, 0) is 0 Å². The van der Waals surface area contributed by atoms with Gasteiger partial charge in [0.15, 0.2) is 0 Å². The van der Waals surface area contributed by atoms with Gasteiger partial charge in [0.05, 0.1) is 14.9 Å². The lowest BCUT2D eigenvalue weighted by Crippen LogP contribution is -2.16. The molecule has 0 aliphatic rings. The standard InChI is InChI=1S/C12H9BrCl3NS/c1-17-11(10-5-9(16)12(13)18-10)7-3-2-6(14)4-8(7)15/h2-5,11,17H,1H3. The highest BCUT2D eigenvalue weighted by Crippen LogP contribution is 2.39. The van der Waals surface area contributed by atoms with Gasteiger partial charge >= 0.3 is 0 Å². The second-order valence-electron chi connectivity index (χ2n) is 3.66. The summed E-state index contributed by atoms with van der Waals surface area (Å²) in [5, 5.41) is 5.22. The third-order valence-corrected chi connectivity index (χ3v) is 5.61. The largest absolute Gasteiger partial charge is 0.309 e. The molecule has 1 N–H and O–H groups in total. The van der Waals surface area contributed by atoms with E-state index in [0.29, 0.717) is 15.1 Å². The molecule has 0 bridgehead atoms. The van der Waals surface area contributed by atoms with Crippen molar-refractivity contribution in [3.8, 4) is 0 Å². The maximum atomic E-state index is 6.23. The normalized spacial score (nSPS) is 12.7. The van der Waals surface area contributed by atoms with Crippen molar-refractivity contribution in [3.63, 3.8) is 0 Å². The minimum Gasteiger partial charge on any atom is -0.309 e. The van der Waals surface area contributed by atoms with E-state index in [9.17, 15) is 0 Å². The Balaban J connectivity index is 2.45. The van der Waals surface area contributed by atoms with E-state index in [-0.39, 0.29) is 6.04 Å². The van der Waals surface area contributed by atoms with Gasteiger partial charge in [-0.05, 0) is 46.7 Å². The quantitative estimate of drug-likeness (QED) is 0.706. The van der Waals surface area contributed by atoms with Crippen LogP contribution in [0.5, 0.6) is 0 Å². The fraction of sp³-hybridized carbons (Fsp3) is 0.167. The van der Waals surface area contributed by atoms with E-state index in [0.717, 1.165) is 14.2 Å². The fourth-order valence-corrected chi connectivity index (χ4v) is 4.09. The van der Waals surface area contributed by atoms with Crippen molar-refractivity contribution >= 4 is 62.1 Å². The lowest BCUT2D eigenvalue weighted by Gasteiger charge is -2.16. The maximum Gasteiger partial charge on any atom is 0.0888 e. The third-order valence-electron chi connectivity index (χ3n) is 2.51. The zero-order valence-electron chi connectivity index (χ0n) is 9.31. The monoisotopic (exact) mass is 383 g/mol. The Morgan fingerprint density at radius 2 is 1.89 bits per heavy atom. The van der Waals surface area contributed by atoms with Crippen molar-refractivity contribution in [2.75, 3.05) is 7.05 Å². The van der Waals surface area contributed by atoms with E-state index in [1.807, 2.05) is 25.2 Å². The van der Waals surface area contributed by atoms with Crippen LogP contribution in [-0.4, -0.2) is 7.05 Å². The highest BCUT2D eigenvalue weighted by molar-refractivity contribution is 9.11.